The van der Waals surface area contributed by atoms with Gasteiger partial charge in [0.15, 0.2) is 0 Å². The number of carboxylic acids is 1. The lowest BCUT2D eigenvalue weighted by Crippen LogP contribution is -2.44. The van der Waals surface area contributed by atoms with Gasteiger partial charge >= 0.3 is 5.97 Å². The third-order valence-corrected chi connectivity index (χ3v) is 2.27. The highest BCUT2D eigenvalue weighted by Gasteiger charge is 2.16. The van der Waals surface area contributed by atoms with Crippen LogP contribution in [0.5, 0.6) is 0 Å². The average molecular weight is 252 g/mol. The molecule has 7 heteroatoms. The summed E-state index contributed by atoms with van der Waals surface area (Å²) in [6.07, 6.45) is 0.372. The number of carbonyl (C=O) groups is 2. The van der Waals surface area contributed by atoms with E-state index in [1.165, 1.54) is 11.8 Å². The summed E-state index contributed by atoms with van der Waals surface area (Å²) in [5.74, 6) is -1.35. The van der Waals surface area contributed by atoms with Gasteiger partial charge < -0.3 is 10.0 Å². The van der Waals surface area contributed by atoms with E-state index in [-0.39, 0.29) is 38.4 Å². The number of rotatable bonds is 8. The number of nitrogens with one attached hydrogen (secondary N) is 1. The summed E-state index contributed by atoms with van der Waals surface area (Å²) in [4.78, 5) is 23.7. The van der Waals surface area contributed by atoms with E-state index in [2.05, 4.69) is 5.32 Å². The Balaban J connectivity index is 4.24. The Morgan fingerprint density at radius 2 is 1.78 bits per heavy atom. The van der Waals surface area contributed by atoms with Crippen LogP contribution in [-0.4, -0.2) is 47.6 Å². The molecule has 0 saturated heterocycles. The lowest BCUT2D eigenvalue weighted by molar-refractivity contribution is -0.139. The molecule has 0 fully saturated rings. The number of hydrogen-bond acceptors (Lipinski definition) is 5. The molecule has 1 amide bonds. The van der Waals surface area contributed by atoms with Crippen molar-refractivity contribution in [1.82, 2.24) is 10.2 Å². The van der Waals surface area contributed by atoms with Gasteiger partial charge in [-0.25, -0.2) is 0 Å². The van der Waals surface area contributed by atoms with E-state index >= 15 is 0 Å². The average Bonchev–Trinajstić information content (AvgIpc) is 2.35. The van der Waals surface area contributed by atoms with Crippen LogP contribution in [0.1, 0.15) is 19.8 Å². The van der Waals surface area contributed by atoms with Crippen LogP contribution in [0, 0.1) is 22.7 Å². The lowest BCUT2D eigenvalue weighted by atomic mass is 10.3. The van der Waals surface area contributed by atoms with Gasteiger partial charge in [0, 0.05) is 13.1 Å². The highest BCUT2D eigenvalue weighted by atomic mass is 16.4. The molecule has 0 aliphatic carbocycles. The quantitative estimate of drug-likeness (QED) is 0.612. The van der Waals surface area contributed by atoms with Gasteiger partial charge in [-0.2, -0.15) is 10.5 Å². The van der Waals surface area contributed by atoms with Crippen molar-refractivity contribution in [2.45, 2.75) is 25.8 Å². The summed E-state index contributed by atoms with van der Waals surface area (Å²) in [7, 11) is 0. The third kappa shape index (κ3) is 6.46. The molecule has 0 aromatic carbocycles. The van der Waals surface area contributed by atoms with E-state index in [0.29, 0.717) is 0 Å². The van der Waals surface area contributed by atoms with Gasteiger partial charge in [-0.05, 0) is 6.92 Å². The molecule has 1 atom stereocenters. The standard InChI is InChI=1S/C11H16N4O3/c1-9(11(17)18)14-8-10(16)15(6-2-4-12)7-3-5-13/h9,14H,2-3,6-8H2,1H3,(H,17,18)/t9-/m0/s1. The maximum atomic E-state index is 11.7. The molecule has 0 bridgehead atoms. The zero-order chi connectivity index (χ0) is 14.0. The second kappa shape index (κ2) is 8.97. The molecule has 18 heavy (non-hydrogen) atoms. The highest BCUT2D eigenvalue weighted by molar-refractivity contribution is 5.79. The number of carbonyl (C=O) groups excluding carboxylic acids is 1. The van der Waals surface area contributed by atoms with Gasteiger partial charge in [0.1, 0.15) is 6.04 Å². The molecular weight excluding hydrogens is 236 g/mol. The van der Waals surface area contributed by atoms with Crippen molar-refractivity contribution in [2.75, 3.05) is 19.6 Å². The van der Waals surface area contributed by atoms with Crippen molar-refractivity contribution in [1.29, 1.82) is 10.5 Å². The Morgan fingerprint density at radius 1 is 1.28 bits per heavy atom. The summed E-state index contributed by atoms with van der Waals surface area (Å²) in [5.41, 5.74) is 0. The largest absolute Gasteiger partial charge is 0.480 e. The Bertz CT molecular complexity index is 351. The maximum absolute atomic E-state index is 11.7. The molecule has 0 radical (unpaired) electrons. The Hall–Kier alpha value is -2.12. The van der Waals surface area contributed by atoms with E-state index in [9.17, 15) is 9.59 Å². The van der Waals surface area contributed by atoms with Crippen LogP contribution < -0.4 is 5.32 Å². The van der Waals surface area contributed by atoms with Gasteiger partial charge in [-0.3, -0.25) is 14.9 Å². The number of aliphatic carboxylic acids is 1. The van der Waals surface area contributed by atoms with Crippen molar-refractivity contribution < 1.29 is 14.7 Å². The predicted octanol–water partition coefficient (Wildman–Crippen LogP) is -0.295. The van der Waals surface area contributed by atoms with E-state index in [4.69, 9.17) is 15.6 Å². The number of nitriles is 2. The minimum Gasteiger partial charge on any atom is -0.480 e. The molecule has 7 nitrogen and oxygen atoms in total. The van der Waals surface area contributed by atoms with Crippen molar-refractivity contribution in [3.63, 3.8) is 0 Å². The summed E-state index contributed by atoms with van der Waals surface area (Å²) in [6, 6.07) is 3.03. The van der Waals surface area contributed by atoms with Crippen LogP contribution in [0.3, 0.4) is 0 Å². The van der Waals surface area contributed by atoms with Crippen LogP contribution in [0.4, 0.5) is 0 Å². The van der Waals surface area contributed by atoms with E-state index < -0.39 is 12.0 Å². The molecule has 0 aliphatic heterocycles. The third-order valence-electron chi connectivity index (χ3n) is 2.27. The number of nitrogens with zero attached hydrogens (tertiary/aromatic N) is 3. The van der Waals surface area contributed by atoms with Crippen molar-refractivity contribution >= 4 is 11.9 Å². The second-order valence-electron chi connectivity index (χ2n) is 3.64. The summed E-state index contributed by atoms with van der Waals surface area (Å²) >= 11 is 0. The normalized spacial score (nSPS) is 11.1. The van der Waals surface area contributed by atoms with Crippen molar-refractivity contribution in [3.8, 4) is 12.1 Å². The fraction of sp³-hybridized carbons (Fsp3) is 0.636. The summed E-state index contributed by atoms with van der Waals surface area (Å²) in [5, 5.41) is 28.1. The molecule has 98 valence electrons. The first kappa shape index (κ1) is 15.9. The molecule has 2 N–H and O–H groups in total. The van der Waals surface area contributed by atoms with Gasteiger partial charge in [-0.15, -0.1) is 0 Å². The van der Waals surface area contributed by atoms with Gasteiger partial charge in [0.05, 0.1) is 31.5 Å². The topological polar surface area (TPSA) is 117 Å². The minimum atomic E-state index is -1.04. The number of hydrogen-bond donors (Lipinski definition) is 2. The molecule has 0 heterocycles. The monoisotopic (exact) mass is 252 g/mol. The highest BCUT2D eigenvalue weighted by Crippen LogP contribution is 1.95. The van der Waals surface area contributed by atoms with Crippen molar-refractivity contribution in [3.05, 3.63) is 0 Å². The number of carboxylic acid groups (broad SMARTS) is 1. The minimum absolute atomic E-state index is 0.121. The molecule has 0 aromatic rings. The summed E-state index contributed by atoms with van der Waals surface area (Å²) < 4.78 is 0. The van der Waals surface area contributed by atoms with Gasteiger partial charge in [-0.1, -0.05) is 0 Å². The first-order valence-electron chi connectivity index (χ1n) is 5.50. The molecule has 0 aromatic heterocycles. The second-order valence-corrected chi connectivity index (χ2v) is 3.64. The van der Waals surface area contributed by atoms with Crippen LogP contribution in [0.2, 0.25) is 0 Å². The lowest BCUT2D eigenvalue weighted by Gasteiger charge is -2.21. The first-order chi connectivity index (χ1) is 8.52. The molecule has 0 spiro atoms. The SMILES string of the molecule is C[C@H](NCC(=O)N(CCC#N)CCC#N)C(=O)O. The van der Waals surface area contributed by atoms with Crippen LogP contribution in [-0.2, 0) is 9.59 Å². The van der Waals surface area contributed by atoms with E-state index in [1.807, 2.05) is 12.1 Å². The van der Waals surface area contributed by atoms with Crippen LogP contribution in [0.15, 0.2) is 0 Å². The van der Waals surface area contributed by atoms with E-state index in [1.54, 1.807) is 0 Å². The van der Waals surface area contributed by atoms with Crippen molar-refractivity contribution in [2.24, 2.45) is 0 Å². The zero-order valence-corrected chi connectivity index (χ0v) is 10.2. The molecule has 0 aliphatic rings. The Labute approximate surface area is 106 Å². The van der Waals surface area contributed by atoms with Gasteiger partial charge in [0.2, 0.25) is 5.91 Å². The summed E-state index contributed by atoms with van der Waals surface area (Å²) in [6.45, 7) is 1.81. The predicted molar refractivity (Wildman–Crippen MR) is 62.1 cm³/mol. The van der Waals surface area contributed by atoms with Crippen LogP contribution in [0.25, 0.3) is 0 Å². The smallest absolute Gasteiger partial charge is 0.320 e. The molecule has 0 rings (SSSR count). The van der Waals surface area contributed by atoms with Crippen LogP contribution >= 0.6 is 0 Å². The Morgan fingerprint density at radius 3 is 2.17 bits per heavy atom. The molecule has 0 unspecified atom stereocenters. The molecular formula is C11H16N4O3. The zero-order valence-electron chi connectivity index (χ0n) is 10.2. The van der Waals surface area contributed by atoms with Gasteiger partial charge in [0.25, 0.3) is 0 Å². The van der Waals surface area contributed by atoms with E-state index in [0.717, 1.165) is 0 Å². The maximum Gasteiger partial charge on any atom is 0.320 e. The fourth-order valence-electron chi connectivity index (χ4n) is 1.17. The molecule has 0 saturated carbocycles. The number of amides is 1. The first-order valence-corrected chi connectivity index (χ1v) is 5.50. The fourth-order valence-corrected chi connectivity index (χ4v) is 1.17. The Kier molecular flexibility index (Phi) is 7.91.